The molecule has 2 amide bonds. The molecule has 1 aliphatic heterocycles. The lowest BCUT2D eigenvalue weighted by molar-refractivity contribution is 0.0697. The number of amides is 2. The first kappa shape index (κ1) is 20.1. The summed E-state index contributed by atoms with van der Waals surface area (Å²) in [4.78, 5) is 29.6. The Kier molecular flexibility index (Phi) is 5.77. The highest BCUT2D eigenvalue weighted by molar-refractivity contribution is 7.17. The number of nitrogens with zero attached hydrogens (tertiary/aromatic N) is 1. The Hall–Kier alpha value is -2.14. The van der Waals surface area contributed by atoms with E-state index in [0.29, 0.717) is 17.4 Å². The topological polar surface area (TPSA) is 49.4 Å². The minimum atomic E-state index is -0.141. The monoisotopic (exact) mass is 410 g/mol. The first-order valence-electron chi connectivity index (χ1n) is 10.7. The maximum atomic E-state index is 13.5. The molecule has 1 fully saturated rings. The molecule has 5 heteroatoms. The van der Waals surface area contributed by atoms with Crippen LogP contribution in [-0.2, 0) is 12.8 Å². The number of fused-ring (bicyclic) bond motifs is 1. The number of hydrogen-bond donors (Lipinski definition) is 1. The van der Waals surface area contributed by atoms with Crippen LogP contribution in [0.4, 0.5) is 5.00 Å². The normalized spacial score (nSPS) is 19.7. The Morgan fingerprint density at radius 1 is 1.03 bits per heavy atom. The zero-order valence-electron chi connectivity index (χ0n) is 17.6. The van der Waals surface area contributed by atoms with Crippen molar-refractivity contribution in [2.45, 2.75) is 52.9 Å². The van der Waals surface area contributed by atoms with Gasteiger partial charge in [-0.1, -0.05) is 31.5 Å². The quantitative estimate of drug-likeness (QED) is 0.746. The molecule has 4 nitrogen and oxygen atoms in total. The Balaban J connectivity index is 1.64. The molecule has 2 aliphatic rings. The Labute approximate surface area is 177 Å². The van der Waals surface area contributed by atoms with E-state index in [1.165, 1.54) is 10.4 Å². The molecule has 29 heavy (non-hydrogen) atoms. The number of anilines is 1. The Bertz CT molecular complexity index is 908. The van der Waals surface area contributed by atoms with Gasteiger partial charge in [0.25, 0.3) is 11.8 Å². The zero-order chi connectivity index (χ0) is 20.5. The summed E-state index contributed by atoms with van der Waals surface area (Å²) in [5.74, 6) is 1.26. The van der Waals surface area contributed by atoms with Crippen LogP contribution in [0.2, 0.25) is 0 Å². The number of aryl methyl sites for hydroxylation is 1. The van der Waals surface area contributed by atoms with Crippen molar-refractivity contribution in [1.82, 2.24) is 4.90 Å². The van der Waals surface area contributed by atoms with E-state index in [-0.39, 0.29) is 11.8 Å². The highest BCUT2D eigenvalue weighted by atomic mass is 32.1. The van der Waals surface area contributed by atoms with Gasteiger partial charge in [0.05, 0.1) is 5.56 Å². The second-order valence-electron chi connectivity index (χ2n) is 8.85. The van der Waals surface area contributed by atoms with Gasteiger partial charge in [-0.2, -0.15) is 0 Å². The van der Waals surface area contributed by atoms with Gasteiger partial charge in [0.1, 0.15) is 5.00 Å². The fraction of sp³-hybridized carbons (Fsp3) is 0.500. The van der Waals surface area contributed by atoms with Crippen molar-refractivity contribution in [3.63, 3.8) is 0 Å². The molecule has 2 heterocycles. The van der Waals surface area contributed by atoms with Crippen molar-refractivity contribution in [2.75, 3.05) is 18.4 Å². The summed E-state index contributed by atoms with van der Waals surface area (Å²) in [5.41, 5.74) is 3.68. The van der Waals surface area contributed by atoms with E-state index in [4.69, 9.17) is 0 Å². The summed E-state index contributed by atoms with van der Waals surface area (Å²) in [6, 6.07) is 7.57. The van der Waals surface area contributed by atoms with Gasteiger partial charge in [-0.3, -0.25) is 9.59 Å². The largest absolute Gasteiger partial charge is 0.339 e. The van der Waals surface area contributed by atoms with E-state index in [1.807, 2.05) is 36.1 Å². The number of likely N-dealkylation sites (tertiary alicyclic amines) is 1. The van der Waals surface area contributed by atoms with Gasteiger partial charge >= 0.3 is 0 Å². The van der Waals surface area contributed by atoms with Crippen molar-refractivity contribution in [3.8, 4) is 0 Å². The van der Waals surface area contributed by atoms with Crippen LogP contribution in [0.5, 0.6) is 0 Å². The number of thiophene rings is 1. The number of piperidine rings is 1. The number of carbonyl (C=O) groups is 2. The number of carbonyl (C=O) groups excluding carboxylic acids is 2. The maximum absolute atomic E-state index is 13.5. The van der Waals surface area contributed by atoms with E-state index < -0.39 is 0 Å². The van der Waals surface area contributed by atoms with Gasteiger partial charge < -0.3 is 10.2 Å². The summed E-state index contributed by atoms with van der Waals surface area (Å²) >= 11 is 1.61. The minimum absolute atomic E-state index is 0.100. The predicted octanol–water partition coefficient (Wildman–Crippen LogP) is 5.31. The van der Waals surface area contributed by atoms with Crippen LogP contribution >= 0.6 is 11.3 Å². The summed E-state index contributed by atoms with van der Waals surface area (Å²) < 4.78 is 0. The zero-order valence-corrected chi connectivity index (χ0v) is 18.4. The Morgan fingerprint density at radius 2 is 1.72 bits per heavy atom. The Morgan fingerprint density at radius 3 is 2.41 bits per heavy atom. The van der Waals surface area contributed by atoms with E-state index >= 15 is 0 Å². The summed E-state index contributed by atoms with van der Waals surface area (Å²) in [6.45, 7) is 8.15. The van der Waals surface area contributed by atoms with Crippen molar-refractivity contribution in [3.05, 3.63) is 51.4 Å². The molecule has 1 aliphatic carbocycles. The molecule has 2 aromatic rings. The molecule has 1 atom stereocenters. The standard InChI is InChI=1S/C24H30N2O2S/c1-15-4-7-18(8-5-15)22(27)25-23-21(19-9-6-17(3)14-20(19)29-23)24(28)26-12-10-16(2)11-13-26/h4-5,7-8,16-17H,6,9-14H2,1-3H3,(H,25,27)/t17-/m1/s1. The van der Waals surface area contributed by atoms with Crippen LogP contribution in [0, 0.1) is 18.8 Å². The second-order valence-corrected chi connectivity index (χ2v) is 9.96. The predicted molar refractivity (Wildman–Crippen MR) is 119 cm³/mol. The highest BCUT2D eigenvalue weighted by Crippen LogP contribution is 2.40. The van der Waals surface area contributed by atoms with Gasteiger partial charge in [0, 0.05) is 23.5 Å². The third-order valence-corrected chi connectivity index (χ3v) is 7.51. The SMILES string of the molecule is Cc1ccc(C(=O)Nc2sc3c(c2C(=O)N2CCC(C)CC2)CC[C@@H](C)C3)cc1. The van der Waals surface area contributed by atoms with Crippen LogP contribution in [0.25, 0.3) is 0 Å². The molecule has 0 saturated carbocycles. The molecule has 154 valence electrons. The van der Waals surface area contributed by atoms with E-state index in [0.717, 1.165) is 61.3 Å². The molecule has 1 aromatic heterocycles. The molecule has 1 saturated heterocycles. The van der Waals surface area contributed by atoms with E-state index in [2.05, 4.69) is 19.2 Å². The molecule has 0 radical (unpaired) electrons. The molecule has 1 N–H and O–H groups in total. The average molecular weight is 411 g/mol. The molecule has 0 bridgehead atoms. The lowest BCUT2D eigenvalue weighted by atomic mass is 9.88. The third-order valence-electron chi connectivity index (χ3n) is 6.34. The van der Waals surface area contributed by atoms with Gasteiger partial charge in [-0.15, -0.1) is 11.3 Å². The van der Waals surface area contributed by atoms with Crippen molar-refractivity contribution in [2.24, 2.45) is 11.8 Å². The van der Waals surface area contributed by atoms with Crippen LogP contribution in [0.3, 0.4) is 0 Å². The third kappa shape index (κ3) is 4.25. The molecule has 0 unspecified atom stereocenters. The average Bonchev–Trinajstić information content (AvgIpc) is 3.05. The smallest absolute Gasteiger partial charge is 0.257 e. The molecular weight excluding hydrogens is 380 g/mol. The fourth-order valence-electron chi connectivity index (χ4n) is 4.32. The van der Waals surface area contributed by atoms with Crippen molar-refractivity contribution >= 4 is 28.2 Å². The first-order valence-corrected chi connectivity index (χ1v) is 11.6. The second kappa shape index (κ2) is 8.31. The molecular formula is C24H30N2O2S. The van der Waals surface area contributed by atoms with E-state index in [9.17, 15) is 9.59 Å². The van der Waals surface area contributed by atoms with Gasteiger partial charge in [-0.25, -0.2) is 0 Å². The molecule has 4 rings (SSSR count). The van der Waals surface area contributed by atoms with Gasteiger partial charge in [0.2, 0.25) is 0 Å². The van der Waals surface area contributed by atoms with Gasteiger partial charge in [0.15, 0.2) is 0 Å². The minimum Gasteiger partial charge on any atom is -0.339 e. The lowest BCUT2D eigenvalue weighted by Gasteiger charge is -2.31. The number of benzene rings is 1. The van der Waals surface area contributed by atoms with Crippen molar-refractivity contribution < 1.29 is 9.59 Å². The summed E-state index contributed by atoms with van der Waals surface area (Å²) in [6.07, 6.45) is 5.14. The van der Waals surface area contributed by atoms with Crippen LogP contribution in [-0.4, -0.2) is 29.8 Å². The first-order chi connectivity index (χ1) is 13.9. The maximum Gasteiger partial charge on any atom is 0.257 e. The number of hydrogen-bond acceptors (Lipinski definition) is 3. The van der Waals surface area contributed by atoms with Gasteiger partial charge in [-0.05, 0) is 68.6 Å². The van der Waals surface area contributed by atoms with Crippen LogP contribution in [0.1, 0.15) is 69.8 Å². The van der Waals surface area contributed by atoms with Crippen LogP contribution in [0.15, 0.2) is 24.3 Å². The van der Waals surface area contributed by atoms with Crippen LogP contribution < -0.4 is 5.32 Å². The summed E-state index contributed by atoms with van der Waals surface area (Å²) in [7, 11) is 0. The number of rotatable bonds is 3. The highest BCUT2D eigenvalue weighted by Gasteiger charge is 2.32. The molecule has 0 spiro atoms. The summed E-state index contributed by atoms with van der Waals surface area (Å²) in [5, 5.41) is 3.81. The molecule has 1 aromatic carbocycles. The van der Waals surface area contributed by atoms with Crippen molar-refractivity contribution in [1.29, 1.82) is 0 Å². The fourth-order valence-corrected chi connectivity index (χ4v) is 5.71. The van der Waals surface area contributed by atoms with E-state index in [1.54, 1.807) is 11.3 Å². The lowest BCUT2D eigenvalue weighted by Crippen LogP contribution is -2.38. The number of nitrogens with one attached hydrogen (secondary N) is 1.